The molecule has 0 radical (unpaired) electrons. The van der Waals surface area contributed by atoms with Crippen molar-refractivity contribution >= 4 is 33.8 Å². The van der Waals surface area contributed by atoms with Crippen LogP contribution in [-0.2, 0) is 4.74 Å². The number of hydrogen-bond donors (Lipinski definition) is 1. The van der Waals surface area contributed by atoms with Gasteiger partial charge in [-0.2, -0.15) is 0 Å². The molecule has 0 atom stereocenters. The molecule has 0 saturated carbocycles. The zero-order chi connectivity index (χ0) is 22.5. The molecular weight excluding hydrogens is 406 g/mol. The third kappa shape index (κ3) is 4.04. The summed E-state index contributed by atoms with van der Waals surface area (Å²) in [7, 11) is 0. The highest BCUT2D eigenvalue weighted by atomic mass is 16.5. The first-order chi connectivity index (χ1) is 15.7. The molecule has 5 rings (SSSR count). The number of pyridine rings is 2. The van der Waals surface area contributed by atoms with Crippen LogP contribution >= 0.6 is 0 Å². The fourth-order valence-electron chi connectivity index (χ4n) is 3.68. The van der Waals surface area contributed by atoms with E-state index in [1.54, 1.807) is 34.0 Å². The monoisotopic (exact) mass is 431 g/mol. The van der Waals surface area contributed by atoms with Crippen LogP contribution in [0.3, 0.4) is 0 Å². The number of imidazole rings is 1. The van der Waals surface area contributed by atoms with Crippen LogP contribution in [0.4, 0.5) is 5.69 Å². The molecule has 0 aliphatic carbocycles. The van der Waals surface area contributed by atoms with Crippen LogP contribution in [-0.4, -0.2) is 57.4 Å². The number of morpholine rings is 1. The Morgan fingerprint density at radius 1 is 1.03 bits per heavy atom. The number of anilines is 1. The summed E-state index contributed by atoms with van der Waals surface area (Å²) in [5, 5.41) is 4.75. The van der Waals surface area contributed by atoms with Gasteiger partial charge in [0.15, 0.2) is 5.69 Å². The largest absolute Gasteiger partial charge is 0.378 e. The number of hydrogen-bond acceptors (Lipinski definition) is 5. The molecule has 1 N–H and O–H groups in total. The van der Waals surface area contributed by atoms with E-state index < -0.39 is 0 Å². The molecule has 2 amide bonds. The van der Waals surface area contributed by atoms with E-state index in [2.05, 4.69) is 15.3 Å². The van der Waals surface area contributed by atoms with Gasteiger partial charge >= 0.3 is 0 Å². The Hall–Kier alpha value is -3.78. The van der Waals surface area contributed by atoms with E-state index in [-0.39, 0.29) is 23.3 Å². The summed E-state index contributed by atoms with van der Waals surface area (Å²) in [6.45, 7) is 6.01. The normalized spacial score (nSPS) is 13.5. The number of nitrogens with one attached hydrogen (secondary N) is 1. The number of nitrogens with zero attached hydrogens (tertiary/aromatic N) is 4. The zero-order valence-electron chi connectivity index (χ0n) is 18.1. The highest BCUT2D eigenvalue weighted by molar-refractivity contribution is 6.12. The smallest absolute Gasteiger partial charge is 0.290 e. The summed E-state index contributed by atoms with van der Waals surface area (Å²) in [5.74, 6) is -0.362. The number of carbonyl (C=O) groups is 2. The molecule has 1 aromatic carbocycles. The van der Waals surface area contributed by atoms with Crippen molar-refractivity contribution in [1.29, 1.82) is 0 Å². The lowest BCUT2D eigenvalue weighted by molar-refractivity contribution is 0.0294. The number of aromatic nitrogens is 3. The highest BCUT2D eigenvalue weighted by Crippen LogP contribution is 2.24. The second-order valence-electron chi connectivity index (χ2n) is 7.00. The van der Waals surface area contributed by atoms with E-state index in [9.17, 15) is 9.59 Å². The van der Waals surface area contributed by atoms with Crippen LogP contribution in [0.15, 0.2) is 61.1 Å². The van der Waals surface area contributed by atoms with Crippen molar-refractivity contribution in [2.45, 2.75) is 13.8 Å². The van der Waals surface area contributed by atoms with Crippen LogP contribution in [0.25, 0.3) is 16.3 Å². The molecule has 0 unspecified atom stereocenters. The fraction of sp³-hybridized carbons (Fsp3) is 0.250. The summed E-state index contributed by atoms with van der Waals surface area (Å²) in [6.07, 6.45) is 5.18. The standard InChI is InChI=1S/C22H19N5O3.C2H6/c28-21(24-17-5-3-4-15-14-23-8-7-16(15)17)19-18-6-1-2-9-27(18)20(25-19)22(29)26-10-12-30-13-11-26;1-2/h1-9,14H,10-13H2,(H,24,28);1-2H3. The Morgan fingerprint density at radius 2 is 1.84 bits per heavy atom. The maximum Gasteiger partial charge on any atom is 0.290 e. The first-order valence-corrected chi connectivity index (χ1v) is 10.7. The van der Waals surface area contributed by atoms with Crippen molar-refractivity contribution in [3.63, 3.8) is 0 Å². The summed E-state index contributed by atoms with van der Waals surface area (Å²) in [5.41, 5.74) is 1.45. The molecule has 1 fully saturated rings. The topological polar surface area (TPSA) is 88.8 Å². The number of fused-ring (bicyclic) bond motifs is 2. The number of carbonyl (C=O) groups excluding carboxylic acids is 2. The lowest BCUT2D eigenvalue weighted by Crippen LogP contribution is -2.41. The quantitative estimate of drug-likeness (QED) is 0.535. The van der Waals surface area contributed by atoms with Gasteiger partial charge in [0.25, 0.3) is 11.8 Å². The number of rotatable bonds is 3. The van der Waals surface area contributed by atoms with Gasteiger partial charge in [0, 0.05) is 48.1 Å². The van der Waals surface area contributed by atoms with Crippen LogP contribution < -0.4 is 5.32 Å². The average molecular weight is 431 g/mol. The van der Waals surface area contributed by atoms with Gasteiger partial charge in [-0.15, -0.1) is 0 Å². The molecule has 0 bridgehead atoms. The van der Waals surface area contributed by atoms with Crippen molar-refractivity contribution < 1.29 is 14.3 Å². The first-order valence-electron chi connectivity index (χ1n) is 10.7. The number of amides is 2. The van der Waals surface area contributed by atoms with Gasteiger partial charge in [-0.25, -0.2) is 4.98 Å². The Kier molecular flexibility index (Phi) is 6.42. The highest BCUT2D eigenvalue weighted by Gasteiger charge is 2.26. The van der Waals surface area contributed by atoms with Gasteiger partial charge in [0.2, 0.25) is 5.82 Å². The molecule has 8 heteroatoms. The van der Waals surface area contributed by atoms with Crippen molar-refractivity contribution in [2.24, 2.45) is 0 Å². The van der Waals surface area contributed by atoms with E-state index >= 15 is 0 Å². The molecule has 0 spiro atoms. The van der Waals surface area contributed by atoms with Crippen molar-refractivity contribution in [3.05, 3.63) is 72.6 Å². The van der Waals surface area contributed by atoms with Crippen molar-refractivity contribution in [2.75, 3.05) is 31.6 Å². The Morgan fingerprint density at radius 3 is 2.66 bits per heavy atom. The second kappa shape index (κ2) is 9.57. The van der Waals surface area contributed by atoms with E-state index in [1.807, 2.05) is 50.2 Å². The molecule has 1 aliphatic heterocycles. The molecule has 32 heavy (non-hydrogen) atoms. The molecule has 8 nitrogen and oxygen atoms in total. The van der Waals surface area contributed by atoms with E-state index in [0.29, 0.717) is 37.5 Å². The van der Waals surface area contributed by atoms with Gasteiger partial charge in [-0.1, -0.05) is 32.0 Å². The van der Waals surface area contributed by atoms with Crippen molar-refractivity contribution in [1.82, 2.24) is 19.3 Å². The lowest BCUT2D eigenvalue weighted by Gasteiger charge is -2.26. The first kappa shape index (κ1) is 21.5. The van der Waals surface area contributed by atoms with Gasteiger partial charge in [0.05, 0.1) is 18.7 Å². The third-order valence-electron chi connectivity index (χ3n) is 5.18. The fourth-order valence-corrected chi connectivity index (χ4v) is 3.68. The van der Waals surface area contributed by atoms with Gasteiger partial charge < -0.3 is 15.0 Å². The van der Waals surface area contributed by atoms with Crippen LogP contribution in [0.2, 0.25) is 0 Å². The average Bonchev–Trinajstić information content (AvgIpc) is 3.25. The minimum absolute atomic E-state index is 0.207. The second-order valence-corrected chi connectivity index (χ2v) is 7.00. The van der Waals surface area contributed by atoms with E-state index in [4.69, 9.17) is 4.74 Å². The Balaban J connectivity index is 0.00000119. The number of ether oxygens (including phenoxy) is 1. The molecule has 3 aromatic heterocycles. The van der Waals surface area contributed by atoms with Crippen LogP contribution in [0.1, 0.15) is 35.0 Å². The van der Waals surface area contributed by atoms with Gasteiger partial charge in [-0.3, -0.25) is 19.0 Å². The maximum absolute atomic E-state index is 13.1. The molecular formula is C24H25N5O3. The predicted octanol–water partition coefficient (Wildman–Crippen LogP) is 3.63. The summed E-state index contributed by atoms with van der Waals surface area (Å²) in [4.78, 5) is 36.4. The van der Waals surface area contributed by atoms with Crippen LogP contribution in [0.5, 0.6) is 0 Å². The molecule has 4 aromatic rings. The minimum atomic E-state index is -0.371. The lowest BCUT2D eigenvalue weighted by atomic mass is 10.1. The van der Waals surface area contributed by atoms with Gasteiger partial charge in [0.1, 0.15) is 0 Å². The maximum atomic E-state index is 13.1. The van der Waals surface area contributed by atoms with Crippen molar-refractivity contribution in [3.8, 4) is 0 Å². The molecule has 164 valence electrons. The third-order valence-corrected chi connectivity index (χ3v) is 5.18. The summed E-state index contributed by atoms with van der Waals surface area (Å²) >= 11 is 0. The summed E-state index contributed by atoms with van der Waals surface area (Å²) < 4.78 is 6.99. The van der Waals surface area contributed by atoms with Gasteiger partial charge in [-0.05, 0) is 24.3 Å². The van der Waals surface area contributed by atoms with E-state index in [1.165, 1.54) is 0 Å². The zero-order valence-corrected chi connectivity index (χ0v) is 18.1. The Bertz CT molecular complexity index is 1260. The van der Waals surface area contributed by atoms with Crippen LogP contribution in [0, 0.1) is 0 Å². The number of benzene rings is 1. The Labute approximate surface area is 185 Å². The summed E-state index contributed by atoms with van der Waals surface area (Å²) in [6, 6.07) is 12.9. The molecule has 4 heterocycles. The molecule has 1 saturated heterocycles. The minimum Gasteiger partial charge on any atom is -0.378 e. The molecule has 1 aliphatic rings. The predicted molar refractivity (Wildman–Crippen MR) is 123 cm³/mol. The SMILES string of the molecule is CC.O=C(Nc1cccc2cnccc12)c1nc(C(=O)N2CCOCC2)n2ccccc12. The van der Waals surface area contributed by atoms with E-state index in [0.717, 1.165) is 10.8 Å².